The molecule has 0 saturated carbocycles. The van der Waals surface area contributed by atoms with Crippen molar-refractivity contribution in [1.82, 2.24) is 10.2 Å². The quantitative estimate of drug-likeness (QED) is 0.927. The molecule has 0 bridgehead atoms. The first kappa shape index (κ1) is 13.8. The molecule has 1 aromatic rings. The Morgan fingerprint density at radius 1 is 1.61 bits per heavy atom. The lowest BCUT2D eigenvalue weighted by molar-refractivity contribution is -0.134. The van der Waals surface area contributed by atoms with E-state index in [0.29, 0.717) is 12.5 Å². The number of likely N-dealkylation sites (N-methyl/N-ethyl adjacent to an activating group) is 1. The van der Waals surface area contributed by atoms with E-state index >= 15 is 0 Å². The van der Waals surface area contributed by atoms with Crippen LogP contribution in [0.5, 0.6) is 0 Å². The van der Waals surface area contributed by atoms with Crippen molar-refractivity contribution in [1.29, 1.82) is 0 Å². The van der Waals surface area contributed by atoms with E-state index in [1.54, 1.807) is 4.90 Å². The molecule has 1 amide bonds. The number of hydrogen-bond acceptors (Lipinski definition) is 3. The lowest BCUT2D eigenvalue weighted by atomic mass is 9.92. The summed E-state index contributed by atoms with van der Waals surface area (Å²) in [5.41, 5.74) is 0. The number of nitrogens with one attached hydrogen (secondary N) is 1. The van der Waals surface area contributed by atoms with E-state index in [0.717, 1.165) is 28.6 Å². The van der Waals surface area contributed by atoms with Crippen LogP contribution in [0.25, 0.3) is 0 Å². The van der Waals surface area contributed by atoms with Gasteiger partial charge in [-0.05, 0) is 37.4 Å². The zero-order valence-electron chi connectivity index (χ0n) is 10.8. The summed E-state index contributed by atoms with van der Waals surface area (Å²) in [5.74, 6) is 0.604. The molecular formula is C13H19ClN2OS. The van der Waals surface area contributed by atoms with Gasteiger partial charge in [-0.15, -0.1) is 11.3 Å². The molecule has 5 heteroatoms. The molecule has 2 heterocycles. The molecule has 0 radical (unpaired) electrons. The number of halogens is 1. The smallest absolute Gasteiger partial charge is 0.240 e. The SMILES string of the molecule is CC1CCCNC1C(=O)N(C)Cc1ccc(Cl)s1. The lowest BCUT2D eigenvalue weighted by Gasteiger charge is -2.32. The number of rotatable bonds is 3. The second-order valence-corrected chi connectivity index (χ2v) is 6.75. The minimum absolute atomic E-state index is 0.0285. The summed E-state index contributed by atoms with van der Waals surface area (Å²) < 4.78 is 0.773. The average Bonchev–Trinajstić information content (AvgIpc) is 2.74. The molecule has 1 N–H and O–H groups in total. The van der Waals surface area contributed by atoms with Crippen LogP contribution in [0.2, 0.25) is 4.34 Å². The molecule has 1 aliphatic rings. The second-order valence-electron chi connectivity index (χ2n) is 4.95. The molecule has 1 aromatic heterocycles. The van der Waals surface area contributed by atoms with Gasteiger partial charge in [0.1, 0.15) is 0 Å². The van der Waals surface area contributed by atoms with E-state index in [9.17, 15) is 4.79 Å². The zero-order valence-corrected chi connectivity index (χ0v) is 12.4. The van der Waals surface area contributed by atoms with Gasteiger partial charge in [0.15, 0.2) is 0 Å². The number of hydrogen-bond donors (Lipinski definition) is 1. The minimum Gasteiger partial charge on any atom is -0.339 e. The van der Waals surface area contributed by atoms with E-state index in [2.05, 4.69) is 12.2 Å². The molecule has 1 saturated heterocycles. The number of carbonyl (C=O) groups is 1. The molecule has 3 nitrogen and oxygen atoms in total. The third kappa shape index (κ3) is 3.25. The third-order valence-corrected chi connectivity index (χ3v) is 4.65. The molecule has 18 heavy (non-hydrogen) atoms. The van der Waals surface area contributed by atoms with E-state index in [-0.39, 0.29) is 11.9 Å². The lowest BCUT2D eigenvalue weighted by Crippen LogP contribution is -2.51. The highest BCUT2D eigenvalue weighted by molar-refractivity contribution is 7.16. The maximum absolute atomic E-state index is 12.4. The molecular weight excluding hydrogens is 268 g/mol. The first-order valence-electron chi connectivity index (χ1n) is 6.30. The fraction of sp³-hybridized carbons (Fsp3) is 0.615. The maximum Gasteiger partial charge on any atom is 0.240 e. The van der Waals surface area contributed by atoms with E-state index < -0.39 is 0 Å². The van der Waals surface area contributed by atoms with Gasteiger partial charge in [-0.2, -0.15) is 0 Å². The fourth-order valence-corrected chi connectivity index (χ4v) is 3.51. The van der Waals surface area contributed by atoms with Crippen LogP contribution in [0.15, 0.2) is 12.1 Å². The van der Waals surface area contributed by atoms with E-state index in [4.69, 9.17) is 11.6 Å². The summed E-state index contributed by atoms with van der Waals surface area (Å²) >= 11 is 7.43. The van der Waals surface area contributed by atoms with Crippen LogP contribution in [-0.4, -0.2) is 30.4 Å². The third-order valence-electron chi connectivity index (χ3n) is 3.43. The average molecular weight is 287 g/mol. The standard InChI is InChI=1S/C13H19ClN2OS/c1-9-4-3-7-15-12(9)13(17)16(2)8-10-5-6-11(14)18-10/h5-6,9,12,15H,3-4,7-8H2,1-2H3. The van der Waals surface area contributed by atoms with Gasteiger partial charge in [-0.3, -0.25) is 4.79 Å². The van der Waals surface area contributed by atoms with Crippen LogP contribution < -0.4 is 5.32 Å². The molecule has 2 rings (SSSR count). The second kappa shape index (κ2) is 6.04. The molecule has 1 fully saturated rings. The van der Waals surface area contributed by atoms with Crippen molar-refractivity contribution in [3.05, 3.63) is 21.3 Å². The van der Waals surface area contributed by atoms with Gasteiger partial charge in [-0.1, -0.05) is 18.5 Å². The monoisotopic (exact) mass is 286 g/mol. The van der Waals surface area contributed by atoms with Crippen molar-refractivity contribution >= 4 is 28.8 Å². The van der Waals surface area contributed by atoms with Crippen LogP contribution in [0.1, 0.15) is 24.6 Å². The Bertz CT molecular complexity index is 421. The van der Waals surface area contributed by atoms with Crippen LogP contribution in [-0.2, 0) is 11.3 Å². The molecule has 1 aliphatic heterocycles. The first-order valence-corrected chi connectivity index (χ1v) is 7.50. The van der Waals surface area contributed by atoms with Gasteiger partial charge in [0.25, 0.3) is 0 Å². The van der Waals surface area contributed by atoms with Crippen LogP contribution in [0.4, 0.5) is 0 Å². The summed E-state index contributed by atoms with van der Waals surface area (Å²) in [6.45, 7) is 3.73. The predicted octanol–water partition coefficient (Wildman–Crippen LogP) is 2.75. The maximum atomic E-state index is 12.4. The number of thiophene rings is 1. The van der Waals surface area contributed by atoms with Crippen molar-refractivity contribution in [3.8, 4) is 0 Å². The predicted molar refractivity (Wildman–Crippen MR) is 76.0 cm³/mol. The fourth-order valence-electron chi connectivity index (χ4n) is 2.37. The molecule has 0 aromatic carbocycles. The number of piperidine rings is 1. The Kier molecular flexibility index (Phi) is 4.65. The van der Waals surface area contributed by atoms with Crippen molar-refractivity contribution in [3.63, 3.8) is 0 Å². The summed E-state index contributed by atoms with van der Waals surface area (Å²) in [5, 5.41) is 3.33. The van der Waals surface area contributed by atoms with Crippen LogP contribution in [0.3, 0.4) is 0 Å². The molecule has 0 spiro atoms. The Morgan fingerprint density at radius 2 is 2.39 bits per heavy atom. The summed E-state index contributed by atoms with van der Waals surface area (Å²) in [6, 6.07) is 3.83. The molecule has 2 unspecified atom stereocenters. The van der Waals surface area contributed by atoms with Gasteiger partial charge in [0, 0.05) is 11.9 Å². The Hall–Kier alpha value is -0.580. The van der Waals surface area contributed by atoms with Gasteiger partial charge in [-0.25, -0.2) is 0 Å². The molecule has 0 aliphatic carbocycles. The van der Waals surface area contributed by atoms with Crippen molar-refractivity contribution < 1.29 is 4.79 Å². The Balaban J connectivity index is 1.95. The number of nitrogens with zero attached hydrogens (tertiary/aromatic N) is 1. The van der Waals surface area contributed by atoms with Gasteiger partial charge >= 0.3 is 0 Å². The van der Waals surface area contributed by atoms with Gasteiger partial charge in [0.2, 0.25) is 5.91 Å². The summed E-state index contributed by atoms with van der Waals surface area (Å²) in [4.78, 5) is 15.3. The van der Waals surface area contributed by atoms with Gasteiger partial charge < -0.3 is 10.2 Å². The summed E-state index contributed by atoms with van der Waals surface area (Å²) in [7, 11) is 1.86. The zero-order chi connectivity index (χ0) is 13.1. The topological polar surface area (TPSA) is 32.3 Å². The van der Waals surface area contributed by atoms with Crippen LogP contribution in [0, 0.1) is 5.92 Å². The normalized spacial score (nSPS) is 23.9. The first-order chi connectivity index (χ1) is 8.58. The summed E-state index contributed by atoms with van der Waals surface area (Å²) in [6.07, 6.45) is 2.29. The van der Waals surface area contributed by atoms with Crippen molar-refractivity contribution in [2.45, 2.75) is 32.4 Å². The Morgan fingerprint density at radius 3 is 3.00 bits per heavy atom. The number of carbonyl (C=O) groups excluding carboxylic acids is 1. The minimum atomic E-state index is -0.0285. The highest BCUT2D eigenvalue weighted by Crippen LogP contribution is 2.23. The highest BCUT2D eigenvalue weighted by atomic mass is 35.5. The largest absolute Gasteiger partial charge is 0.339 e. The molecule has 100 valence electrons. The van der Waals surface area contributed by atoms with Crippen LogP contribution >= 0.6 is 22.9 Å². The van der Waals surface area contributed by atoms with Crippen molar-refractivity contribution in [2.75, 3.05) is 13.6 Å². The van der Waals surface area contributed by atoms with E-state index in [1.165, 1.54) is 11.3 Å². The Labute approximate surface area is 117 Å². The highest BCUT2D eigenvalue weighted by Gasteiger charge is 2.29. The van der Waals surface area contributed by atoms with E-state index in [1.807, 2.05) is 19.2 Å². The van der Waals surface area contributed by atoms with Gasteiger partial charge in [0.05, 0.1) is 16.9 Å². The molecule has 2 atom stereocenters. The number of amides is 1. The van der Waals surface area contributed by atoms with Crippen molar-refractivity contribution in [2.24, 2.45) is 5.92 Å².